The maximum atomic E-state index is 11.2. The van der Waals surface area contributed by atoms with Crippen LogP contribution in [0, 0.1) is 0 Å². The number of para-hydroxylation sites is 1. The van der Waals surface area contributed by atoms with E-state index < -0.39 is 0 Å². The molecule has 2 nitrogen and oxygen atoms in total. The first-order valence-corrected chi connectivity index (χ1v) is 6.29. The van der Waals surface area contributed by atoms with Crippen molar-refractivity contribution in [3.63, 3.8) is 0 Å². The second-order valence-electron chi connectivity index (χ2n) is 2.94. The Labute approximate surface area is 96.4 Å². The second-order valence-corrected chi connectivity index (χ2v) is 4.70. The van der Waals surface area contributed by atoms with Gasteiger partial charge in [-0.25, -0.2) is 0 Å². The van der Waals surface area contributed by atoms with Gasteiger partial charge in [0.05, 0.1) is 10.5 Å². The minimum Gasteiger partial charge on any atom is -0.398 e. The number of thioether (sulfide) groups is 1. The Morgan fingerprint density at radius 1 is 1.57 bits per heavy atom. The summed E-state index contributed by atoms with van der Waals surface area (Å²) in [4.78, 5) is 11.9. The first kappa shape index (κ1) is 11.6. The van der Waals surface area contributed by atoms with Gasteiger partial charge in [-0.15, -0.1) is 11.8 Å². The quantitative estimate of drug-likeness (QED) is 0.523. The SMILES string of the molecule is CSc1cccc(C(Br)C(C)=O)c1N. The second kappa shape index (κ2) is 4.84. The van der Waals surface area contributed by atoms with Crippen LogP contribution >= 0.6 is 27.7 Å². The molecule has 2 N–H and O–H groups in total. The van der Waals surface area contributed by atoms with Crippen LogP contribution in [0.4, 0.5) is 5.69 Å². The van der Waals surface area contributed by atoms with Gasteiger partial charge in [0, 0.05) is 4.90 Å². The normalized spacial score (nSPS) is 12.5. The van der Waals surface area contributed by atoms with E-state index >= 15 is 0 Å². The minimum absolute atomic E-state index is 0.0648. The molecule has 1 aromatic rings. The lowest BCUT2D eigenvalue weighted by Gasteiger charge is -2.12. The number of nitrogens with two attached hydrogens (primary N) is 1. The van der Waals surface area contributed by atoms with Crippen LogP contribution in [-0.2, 0) is 4.79 Å². The highest BCUT2D eigenvalue weighted by Crippen LogP contribution is 2.34. The van der Waals surface area contributed by atoms with Crippen molar-refractivity contribution in [1.29, 1.82) is 0 Å². The maximum absolute atomic E-state index is 11.2. The highest BCUT2D eigenvalue weighted by Gasteiger charge is 2.16. The van der Waals surface area contributed by atoms with Gasteiger partial charge in [-0.05, 0) is 24.8 Å². The number of hydrogen-bond donors (Lipinski definition) is 1. The van der Waals surface area contributed by atoms with Gasteiger partial charge in [0.15, 0.2) is 0 Å². The Hall–Kier alpha value is -0.480. The van der Waals surface area contributed by atoms with Gasteiger partial charge in [0.25, 0.3) is 0 Å². The van der Waals surface area contributed by atoms with Crippen molar-refractivity contribution < 1.29 is 4.79 Å². The van der Waals surface area contributed by atoms with E-state index in [4.69, 9.17) is 5.73 Å². The summed E-state index contributed by atoms with van der Waals surface area (Å²) in [6.07, 6.45) is 1.96. The van der Waals surface area contributed by atoms with Gasteiger partial charge >= 0.3 is 0 Å². The molecule has 1 aromatic carbocycles. The molecule has 0 heterocycles. The highest BCUT2D eigenvalue weighted by atomic mass is 79.9. The predicted octanol–water partition coefficient (Wildman–Crippen LogP) is 3.02. The number of rotatable bonds is 3. The number of carbonyl (C=O) groups excluding carboxylic acids is 1. The zero-order chi connectivity index (χ0) is 10.7. The third-order valence-electron chi connectivity index (χ3n) is 1.95. The van der Waals surface area contributed by atoms with Gasteiger partial charge in [-0.2, -0.15) is 0 Å². The first-order valence-electron chi connectivity index (χ1n) is 4.14. The van der Waals surface area contributed by atoms with Crippen LogP contribution in [0.2, 0.25) is 0 Å². The number of nitrogen functional groups attached to an aromatic ring is 1. The third kappa shape index (κ3) is 2.30. The smallest absolute Gasteiger partial charge is 0.147 e. The number of hydrogen-bond acceptors (Lipinski definition) is 3. The van der Waals surface area contributed by atoms with Crippen LogP contribution in [0.5, 0.6) is 0 Å². The van der Waals surface area contributed by atoms with E-state index in [0.29, 0.717) is 5.69 Å². The average Bonchev–Trinajstić information content (AvgIpc) is 2.17. The van der Waals surface area contributed by atoms with Crippen molar-refractivity contribution in [3.05, 3.63) is 23.8 Å². The molecular formula is C10H12BrNOS. The molecule has 0 aliphatic heterocycles. The van der Waals surface area contributed by atoms with Gasteiger partial charge in [0.2, 0.25) is 0 Å². The van der Waals surface area contributed by atoms with E-state index in [1.54, 1.807) is 18.7 Å². The van der Waals surface area contributed by atoms with E-state index in [-0.39, 0.29) is 10.6 Å². The topological polar surface area (TPSA) is 43.1 Å². The van der Waals surface area contributed by atoms with Crippen LogP contribution in [0.1, 0.15) is 17.3 Å². The zero-order valence-electron chi connectivity index (χ0n) is 8.08. The average molecular weight is 274 g/mol. The fraction of sp³-hybridized carbons (Fsp3) is 0.300. The zero-order valence-corrected chi connectivity index (χ0v) is 10.5. The summed E-state index contributed by atoms with van der Waals surface area (Å²) < 4.78 is 0. The molecule has 0 bridgehead atoms. The molecule has 0 aliphatic rings. The number of ketones is 1. The van der Waals surface area contributed by atoms with Crippen molar-refractivity contribution in [3.8, 4) is 0 Å². The van der Waals surface area contributed by atoms with E-state index in [1.807, 2.05) is 24.5 Å². The van der Waals surface area contributed by atoms with E-state index in [0.717, 1.165) is 10.5 Å². The number of halogens is 1. The summed E-state index contributed by atoms with van der Waals surface area (Å²) in [5.41, 5.74) is 7.47. The molecule has 0 saturated carbocycles. The molecule has 0 aliphatic carbocycles. The monoisotopic (exact) mass is 273 g/mol. The lowest BCUT2D eigenvalue weighted by atomic mass is 10.1. The number of Topliss-reactive ketones (excluding diaryl/α,β-unsaturated/α-hetero) is 1. The van der Waals surface area contributed by atoms with Gasteiger partial charge in [-0.3, -0.25) is 4.79 Å². The molecule has 1 rings (SSSR count). The van der Waals surface area contributed by atoms with Crippen LogP contribution in [0.25, 0.3) is 0 Å². The summed E-state index contributed by atoms with van der Waals surface area (Å²) in [6.45, 7) is 1.55. The number of benzene rings is 1. The van der Waals surface area contributed by atoms with Gasteiger partial charge in [0.1, 0.15) is 5.78 Å². The Bertz CT molecular complexity index is 354. The molecule has 4 heteroatoms. The summed E-state index contributed by atoms with van der Waals surface area (Å²) in [7, 11) is 0. The van der Waals surface area contributed by atoms with Crippen LogP contribution < -0.4 is 5.73 Å². The molecule has 1 atom stereocenters. The molecule has 14 heavy (non-hydrogen) atoms. The summed E-state index contributed by atoms with van der Waals surface area (Å²) in [5, 5.41) is 0. The minimum atomic E-state index is -0.297. The largest absolute Gasteiger partial charge is 0.398 e. The molecule has 0 spiro atoms. The molecule has 76 valence electrons. The van der Waals surface area contributed by atoms with Gasteiger partial charge < -0.3 is 5.73 Å². The number of carbonyl (C=O) groups is 1. The predicted molar refractivity (Wildman–Crippen MR) is 65.0 cm³/mol. The summed E-state index contributed by atoms with van der Waals surface area (Å²) in [5.74, 6) is 0.0648. The fourth-order valence-electron chi connectivity index (χ4n) is 1.18. The van der Waals surface area contributed by atoms with Gasteiger partial charge in [-0.1, -0.05) is 28.1 Å². The summed E-state index contributed by atoms with van der Waals surface area (Å²) >= 11 is 4.91. The number of alkyl halides is 1. The van der Waals surface area contributed by atoms with E-state index in [2.05, 4.69) is 15.9 Å². The third-order valence-corrected chi connectivity index (χ3v) is 3.88. The maximum Gasteiger partial charge on any atom is 0.147 e. The Morgan fingerprint density at radius 3 is 2.71 bits per heavy atom. The molecule has 0 fully saturated rings. The molecular weight excluding hydrogens is 262 g/mol. The Balaban J connectivity index is 3.15. The van der Waals surface area contributed by atoms with E-state index in [1.165, 1.54) is 0 Å². The van der Waals surface area contributed by atoms with Crippen LogP contribution in [0.15, 0.2) is 23.1 Å². The molecule has 1 unspecified atom stereocenters. The van der Waals surface area contributed by atoms with Crippen molar-refractivity contribution in [2.75, 3.05) is 12.0 Å². The van der Waals surface area contributed by atoms with Crippen molar-refractivity contribution in [1.82, 2.24) is 0 Å². The first-order chi connectivity index (χ1) is 6.57. The molecule has 0 saturated heterocycles. The lowest BCUT2D eigenvalue weighted by molar-refractivity contribution is -0.116. The van der Waals surface area contributed by atoms with Crippen molar-refractivity contribution in [2.24, 2.45) is 0 Å². The standard InChI is InChI=1S/C10H12BrNOS/c1-6(13)9(11)7-4-3-5-8(14-2)10(7)12/h3-5,9H,12H2,1-2H3. The van der Waals surface area contributed by atoms with Crippen LogP contribution in [-0.4, -0.2) is 12.0 Å². The van der Waals surface area contributed by atoms with Crippen molar-refractivity contribution in [2.45, 2.75) is 16.6 Å². The highest BCUT2D eigenvalue weighted by molar-refractivity contribution is 9.09. The fourth-order valence-corrected chi connectivity index (χ4v) is 2.13. The Kier molecular flexibility index (Phi) is 4.01. The molecule has 0 amide bonds. The van der Waals surface area contributed by atoms with Crippen LogP contribution in [0.3, 0.4) is 0 Å². The van der Waals surface area contributed by atoms with Crippen molar-refractivity contribution >= 4 is 39.2 Å². The molecule has 0 radical (unpaired) electrons. The number of anilines is 1. The summed E-state index contributed by atoms with van der Waals surface area (Å²) in [6, 6.07) is 5.73. The lowest BCUT2D eigenvalue weighted by Crippen LogP contribution is -2.05. The molecule has 0 aromatic heterocycles. The van der Waals surface area contributed by atoms with E-state index in [9.17, 15) is 4.79 Å². The Morgan fingerprint density at radius 2 is 2.21 bits per heavy atom.